The summed E-state index contributed by atoms with van der Waals surface area (Å²) in [4.78, 5) is 36.5. The van der Waals surface area contributed by atoms with E-state index in [0.717, 1.165) is 11.3 Å². The van der Waals surface area contributed by atoms with Gasteiger partial charge in [-0.2, -0.15) is 0 Å². The minimum atomic E-state index is -0.292. The molecule has 0 N–H and O–H groups in total. The molecule has 4 nitrogen and oxygen atoms in total. The summed E-state index contributed by atoms with van der Waals surface area (Å²) in [6.07, 6.45) is 1.55. The second-order valence-corrected chi connectivity index (χ2v) is 4.35. The molecule has 2 amide bonds. The molecule has 2 rings (SSSR count). The largest absolute Gasteiger partial charge is 0.300 e. The number of Topliss-reactive ketones (excluding diaryl/α,β-unsaturated/α-hetero) is 1. The number of benzene rings is 1. The molecule has 0 saturated heterocycles. The van der Waals surface area contributed by atoms with Crippen LogP contribution in [0.1, 0.15) is 46.9 Å². The average molecular weight is 245 g/mol. The number of carbonyl (C=O) groups excluding carboxylic acids is 3. The number of fused-ring (bicyclic) bond motifs is 1. The fraction of sp³-hybridized carbons (Fsp3) is 0.357. The Hall–Kier alpha value is -1.97. The molecule has 1 aliphatic heterocycles. The Morgan fingerprint density at radius 3 is 2.11 bits per heavy atom. The van der Waals surface area contributed by atoms with Gasteiger partial charge in [-0.15, -0.1) is 0 Å². The summed E-state index contributed by atoms with van der Waals surface area (Å²) < 4.78 is 0. The zero-order valence-electron chi connectivity index (χ0n) is 10.3. The van der Waals surface area contributed by atoms with Gasteiger partial charge in [0.1, 0.15) is 5.78 Å². The van der Waals surface area contributed by atoms with Gasteiger partial charge in [0.05, 0.1) is 11.1 Å². The molecule has 4 heteroatoms. The number of imide groups is 1. The normalized spacial score (nSPS) is 13.9. The molecule has 0 spiro atoms. The van der Waals surface area contributed by atoms with Gasteiger partial charge < -0.3 is 0 Å². The van der Waals surface area contributed by atoms with Crippen molar-refractivity contribution in [2.75, 3.05) is 6.54 Å². The second kappa shape index (κ2) is 5.12. The molecular formula is C14H15NO3. The molecule has 1 heterocycles. The number of ketones is 1. The van der Waals surface area contributed by atoms with Crippen LogP contribution in [-0.4, -0.2) is 29.0 Å². The Morgan fingerprint density at radius 2 is 1.61 bits per heavy atom. The van der Waals surface area contributed by atoms with Crippen molar-refractivity contribution >= 4 is 17.6 Å². The van der Waals surface area contributed by atoms with Gasteiger partial charge in [0.2, 0.25) is 0 Å². The highest BCUT2D eigenvalue weighted by atomic mass is 16.2. The molecule has 1 aromatic carbocycles. The van der Waals surface area contributed by atoms with Crippen molar-refractivity contribution in [2.24, 2.45) is 0 Å². The number of nitrogens with zero attached hydrogens (tertiary/aromatic N) is 1. The summed E-state index contributed by atoms with van der Waals surface area (Å²) in [7, 11) is 0. The zero-order chi connectivity index (χ0) is 13.1. The van der Waals surface area contributed by atoms with Gasteiger partial charge in [-0.05, 0) is 18.6 Å². The van der Waals surface area contributed by atoms with E-state index in [-0.39, 0.29) is 30.6 Å². The van der Waals surface area contributed by atoms with E-state index in [1.165, 1.54) is 0 Å². The van der Waals surface area contributed by atoms with Crippen molar-refractivity contribution in [3.05, 3.63) is 35.4 Å². The topological polar surface area (TPSA) is 54.5 Å². The van der Waals surface area contributed by atoms with E-state index in [4.69, 9.17) is 0 Å². The van der Waals surface area contributed by atoms with Crippen LogP contribution in [0.4, 0.5) is 0 Å². The van der Waals surface area contributed by atoms with Crippen molar-refractivity contribution < 1.29 is 14.4 Å². The van der Waals surface area contributed by atoms with E-state index in [2.05, 4.69) is 0 Å². The summed E-state index contributed by atoms with van der Waals surface area (Å²) in [6.45, 7) is 2.12. The molecule has 0 atom stereocenters. The molecule has 0 bridgehead atoms. The lowest BCUT2D eigenvalue weighted by Gasteiger charge is -2.12. The lowest BCUT2D eigenvalue weighted by atomic mass is 10.1. The van der Waals surface area contributed by atoms with E-state index >= 15 is 0 Å². The first-order valence-electron chi connectivity index (χ1n) is 6.12. The van der Waals surface area contributed by atoms with E-state index < -0.39 is 0 Å². The minimum absolute atomic E-state index is 0.0917. The van der Waals surface area contributed by atoms with Crippen molar-refractivity contribution in [3.63, 3.8) is 0 Å². The lowest BCUT2D eigenvalue weighted by Crippen LogP contribution is -2.31. The molecule has 18 heavy (non-hydrogen) atoms. The highest BCUT2D eigenvalue weighted by Gasteiger charge is 2.34. The molecule has 0 aliphatic carbocycles. The Morgan fingerprint density at radius 1 is 1.06 bits per heavy atom. The van der Waals surface area contributed by atoms with Gasteiger partial charge in [0.15, 0.2) is 0 Å². The van der Waals surface area contributed by atoms with Gasteiger partial charge in [0.25, 0.3) is 11.8 Å². The highest BCUT2D eigenvalue weighted by molar-refractivity contribution is 6.21. The van der Waals surface area contributed by atoms with Crippen LogP contribution in [0.2, 0.25) is 0 Å². The summed E-state index contributed by atoms with van der Waals surface area (Å²) in [5, 5.41) is 0. The number of carbonyl (C=O) groups is 3. The third-order valence-corrected chi connectivity index (χ3v) is 3.02. The number of hydrogen-bond donors (Lipinski definition) is 0. The average Bonchev–Trinajstić information content (AvgIpc) is 2.61. The molecule has 1 aliphatic rings. The summed E-state index contributed by atoms with van der Waals surface area (Å²) in [6, 6.07) is 6.75. The van der Waals surface area contributed by atoms with Crippen LogP contribution < -0.4 is 0 Å². The molecule has 1 aromatic rings. The maximum atomic E-state index is 12.0. The molecular weight excluding hydrogens is 230 g/mol. The van der Waals surface area contributed by atoms with Crippen LogP contribution in [-0.2, 0) is 4.79 Å². The van der Waals surface area contributed by atoms with Gasteiger partial charge in [0, 0.05) is 19.4 Å². The van der Waals surface area contributed by atoms with E-state index in [1.54, 1.807) is 24.3 Å². The van der Waals surface area contributed by atoms with E-state index in [0.29, 0.717) is 17.5 Å². The maximum absolute atomic E-state index is 12.0. The Labute approximate surface area is 106 Å². The summed E-state index contributed by atoms with van der Waals surface area (Å²) in [5.74, 6) is -0.492. The molecule has 0 fully saturated rings. The zero-order valence-corrected chi connectivity index (χ0v) is 10.3. The Kier molecular flexibility index (Phi) is 3.55. The Balaban J connectivity index is 2.07. The predicted octanol–water partition coefficient (Wildman–Crippen LogP) is 2.04. The van der Waals surface area contributed by atoms with Gasteiger partial charge in [-0.3, -0.25) is 19.3 Å². The first-order chi connectivity index (χ1) is 8.65. The fourth-order valence-electron chi connectivity index (χ4n) is 2.08. The van der Waals surface area contributed by atoms with Crippen molar-refractivity contribution in [3.8, 4) is 0 Å². The van der Waals surface area contributed by atoms with Crippen LogP contribution in [0.25, 0.3) is 0 Å². The number of rotatable bonds is 5. The maximum Gasteiger partial charge on any atom is 0.261 e. The third-order valence-electron chi connectivity index (χ3n) is 3.02. The SMILES string of the molecule is CCCC(=O)CCN1C(=O)c2ccccc2C1=O. The van der Waals surface area contributed by atoms with E-state index in [9.17, 15) is 14.4 Å². The predicted molar refractivity (Wildman–Crippen MR) is 66.3 cm³/mol. The number of hydrogen-bond acceptors (Lipinski definition) is 3. The summed E-state index contributed by atoms with van der Waals surface area (Å²) >= 11 is 0. The molecule has 0 unspecified atom stereocenters. The smallest absolute Gasteiger partial charge is 0.261 e. The van der Waals surface area contributed by atoms with Crippen LogP contribution in [0, 0.1) is 0 Å². The lowest BCUT2D eigenvalue weighted by molar-refractivity contribution is -0.119. The number of amides is 2. The van der Waals surface area contributed by atoms with Crippen molar-refractivity contribution in [2.45, 2.75) is 26.2 Å². The first kappa shape index (κ1) is 12.5. The van der Waals surface area contributed by atoms with Crippen molar-refractivity contribution in [1.82, 2.24) is 4.90 Å². The van der Waals surface area contributed by atoms with Crippen LogP contribution in [0.5, 0.6) is 0 Å². The molecule has 0 radical (unpaired) electrons. The second-order valence-electron chi connectivity index (χ2n) is 4.35. The van der Waals surface area contributed by atoms with Crippen LogP contribution >= 0.6 is 0 Å². The summed E-state index contributed by atoms with van der Waals surface area (Å²) in [5.41, 5.74) is 0.871. The van der Waals surface area contributed by atoms with Crippen LogP contribution in [0.15, 0.2) is 24.3 Å². The first-order valence-corrected chi connectivity index (χ1v) is 6.12. The molecule has 0 aromatic heterocycles. The minimum Gasteiger partial charge on any atom is -0.300 e. The Bertz CT molecular complexity index is 473. The van der Waals surface area contributed by atoms with Crippen molar-refractivity contribution in [1.29, 1.82) is 0 Å². The quantitative estimate of drug-likeness (QED) is 0.746. The third kappa shape index (κ3) is 2.18. The van der Waals surface area contributed by atoms with Crippen LogP contribution in [0.3, 0.4) is 0 Å². The molecule has 0 saturated carbocycles. The van der Waals surface area contributed by atoms with Gasteiger partial charge in [-0.25, -0.2) is 0 Å². The molecule has 94 valence electrons. The highest BCUT2D eigenvalue weighted by Crippen LogP contribution is 2.22. The van der Waals surface area contributed by atoms with Gasteiger partial charge in [-0.1, -0.05) is 19.1 Å². The standard InChI is InChI=1S/C14H15NO3/c1-2-5-10(16)8-9-15-13(17)11-6-3-4-7-12(11)14(15)18/h3-4,6-7H,2,5,8-9H2,1H3. The van der Waals surface area contributed by atoms with Gasteiger partial charge >= 0.3 is 0 Å². The monoisotopic (exact) mass is 245 g/mol. The fourth-order valence-corrected chi connectivity index (χ4v) is 2.08. The van der Waals surface area contributed by atoms with E-state index in [1.807, 2.05) is 6.92 Å².